The van der Waals surface area contributed by atoms with Crippen LogP contribution in [0.5, 0.6) is 11.5 Å². The van der Waals surface area contributed by atoms with Gasteiger partial charge in [0.05, 0.1) is 14.2 Å². The molecule has 2 aromatic heterocycles. The molecule has 2 heterocycles. The van der Waals surface area contributed by atoms with Crippen LogP contribution in [0.15, 0.2) is 18.5 Å². The second kappa shape index (κ2) is 7.59. The maximum atomic E-state index is 6.00. The van der Waals surface area contributed by atoms with Gasteiger partial charge in [0.15, 0.2) is 28.5 Å². The van der Waals surface area contributed by atoms with E-state index in [1.165, 1.54) is 6.33 Å². The number of nitrogen functional groups attached to an aromatic ring is 1. The van der Waals surface area contributed by atoms with Crippen LogP contribution in [0.4, 0.5) is 5.82 Å². The fraction of sp³-hybridized carbons (Fsp3) is 0.421. The van der Waals surface area contributed by atoms with Gasteiger partial charge in [-0.2, -0.15) is 0 Å². The first-order valence-electron chi connectivity index (χ1n) is 8.76. The van der Waals surface area contributed by atoms with Crippen molar-refractivity contribution in [2.45, 2.75) is 39.7 Å². The smallest absolute Gasteiger partial charge is 0.165 e. The van der Waals surface area contributed by atoms with Crippen molar-refractivity contribution < 1.29 is 9.47 Å². The number of hydrogen-bond acceptors (Lipinski definition) is 6. The van der Waals surface area contributed by atoms with Crippen LogP contribution in [0.3, 0.4) is 0 Å². The number of anilines is 1. The lowest BCUT2D eigenvalue weighted by atomic mass is 10.1. The summed E-state index contributed by atoms with van der Waals surface area (Å²) >= 11 is 0. The van der Waals surface area contributed by atoms with Gasteiger partial charge in [-0.1, -0.05) is 19.4 Å². The summed E-state index contributed by atoms with van der Waals surface area (Å²) in [6, 6.07) is 4.09. The molecule has 0 amide bonds. The number of imidazole rings is 1. The second-order valence-electron chi connectivity index (χ2n) is 6.29. The van der Waals surface area contributed by atoms with E-state index in [4.69, 9.17) is 20.2 Å². The first kappa shape index (κ1) is 18.0. The molecule has 0 atom stereocenters. The van der Waals surface area contributed by atoms with Crippen LogP contribution in [-0.2, 0) is 13.0 Å². The van der Waals surface area contributed by atoms with E-state index in [9.17, 15) is 0 Å². The van der Waals surface area contributed by atoms with Crippen LogP contribution < -0.4 is 15.2 Å². The summed E-state index contributed by atoms with van der Waals surface area (Å²) in [5.41, 5.74) is 9.58. The van der Waals surface area contributed by atoms with Crippen LogP contribution in [-0.4, -0.2) is 33.7 Å². The molecular formula is C19H25N5O2. The van der Waals surface area contributed by atoms with Gasteiger partial charge in [0.25, 0.3) is 0 Å². The van der Waals surface area contributed by atoms with Crippen molar-refractivity contribution in [3.05, 3.63) is 35.4 Å². The highest BCUT2D eigenvalue weighted by atomic mass is 16.5. The zero-order chi connectivity index (χ0) is 18.7. The summed E-state index contributed by atoms with van der Waals surface area (Å²) in [4.78, 5) is 13.2. The van der Waals surface area contributed by atoms with Gasteiger partial charge in [0.2, 0.25) is 0 Å². The fourth-order valence-corrected chi connectivity index (χ4v) is 3.20. The van der Waals surface area contributed by atoms with E-state index in [1.807, 2.05) is 13.0 Å². The SMILES string of the molecule is CCCCn1c(Cc2cc(C)c(OC)c(OC)c2)nc2c(N)ncnc21. The summed E-state index contributed by atoms with van der Waals surface area (Å²) in [6.45, 7) is 5.03. The van der Waals surface area contributed by atoms with E-state index in [0.717, 1.165) is 53.5 Å². The normalized spacial score (nSPS) is 11.1. The predicted octanol–water partition coefficient (Wildman–Crippen LogP) is 3.13. The molecule has 0 aliphatic rings. The standard InChI is InChI=1S/C19H25N5O2/c1-5-6-7-24-15(23-16-18(20)21-11-22-19(16)24)10-13-8-12(2)17(26-4)14(9-13)25-3/h8-9,11H,5-7,10H2,1-4H3,(H2,20,21,22). The minimum Gasteiger partial charge on any atom is -0.493 e. The summed E-state index contributed by atoms with van der Waals surface area (Å²) < 4.78 is 13.0. The summed E-state index contributed by atoms with van der Waals surface area (Å²) in [7, 11) is 3.30. The molecule has 26 heavy (non-hydrogen) atoms. The lowest BCUT2D eigenvalue weighted by molar-refractivity contribution is 0.352. The molecule has 7 heteroatoms. The topological polar surface area (TPSA) is 88.1 Å². The summed E-state index contributed by atoms with van der Waals surface area (Å²) in [5.74, 6) is 2.81. The van der Waals surface area contributed by atoms with E-state index in [0.29, 0.717) is 17.8 Å². The molecule has 0 aliphatic carbocycles. The van der Waals surface area contributed by atoms with Crippen molar-refractivity contribution >= 4 is 17.0 Å². The van der Waals surface area contributed by atoms with Gasteiger partial charge < -0.3 is 19.8 Å². The van der Waals surface area contributed by atoms with E-state index in [-0.39, 0.29) is 0 Å². The number of aryl methyl sites for hydroxylation is 2. The van der Waals surface area contributed by atoms with Crippen molar-refractivity contribution in [2.75, 3.05) is 20.0 Å². The number of methoxy groups -OCH3 is 2. The number of nitrogens with zero attached hydrogens (tertiary/aromatic N) is 4. The zero-order valence-corrected chi connectivity index (χ0v) is 15.7. The van der Waals surface area contributed by atoms with E-state index in [2.05, 4.69) is 27.5 Å². The molecule has 0 aliphatic heterocycles. The Morgan fingerprint density at radius 3 is 2.65 bits per heavy atom. The number of fused-ring (bicyclic) bond motifs is 1. The Morgan fingerprint density at radius 1 is 1.15 bits per heavy atom. The van der Waals surface area contributed by atoms with Crippen molar-refractivity contribution in [3.8, 4) is 11.5 Å². The number of benzene rings is 1. The van der Waals surface area contributed by atoms with Crippen LogP contribution in [0.1, 0.15) is 36.7 Å². The molecule has 0 saturated heterocycles. The van der Waals surface area contributed by atoms with E-state index in [1.54, 1.807) is 14.2 Å². The highest BCUT2D eigenvalue weighted by Crippen LogP contribution is 2.33. The first-order chi connectivity index (χ1) is 12.6. The lowest BCUT2D eigenvalue weighted by Gasteiger charge is -2.13. The monoisotopic (exact) mass is 355 g/mol. The molecule has 2 N–H and O–H groups in total. The van der Waals surface area contributed by atoms with Crippen LogP contribution >= 0.6 is 0 Å². The minimum atomic E-state index is 0.412. The Bertz CT molecular complexity index is 920. The second-order valence-corrected chi connectivity index (χ2v) is 6.29. The number of ether oxygens (including phenoxy) is 2. The molecular weight excluding hydrogens is 330 g/mol. The molecule has 0 unspecified atom stereocenters. The Balaban J connectivity index is 2.05. The maximum absolute atomic E-state index is 6.00. The zero-order valence-electron chi connectivity index (χ0n) is 15.7. The summed E-state index contributed by atoms with van der Waals surface area (Å²) in [6.07, 6.45) is 4.29. The molecule has 0 fully saturated rings. The predicted molar refractivity (Wildman–Crippen MR) is 102 cm³/mol. The molecule has 7 nitrogen and oxygen atoms in total. The van der Waals surface area contributed by atoms with Crippen molar-refractivity contribution in [1.29, 1.82) is 0 Å². The highest BCUT2D eigenvalue weighted by molar-refractivity contribution is 5.81. The third-order valence-electron chi connectivity index (χ3n) is 4.46. The minimum absolute atomic E-state index is 0.412. The third-order valence-corrected chi connectivity index (χ3v) is 4.46. The van der Waals surface area contributed by atoms with Gasteiger partial charge in [0.1, 0.15) is 12.2 Å². The van der Waals surface area contributed by atoms with Crippen molar-refractivity contribution in [2.24, 2.45) is 0 Å². The molecule has 3 aromatic rings. The number of hydrogen-bond donors (Lipinski definition) is 1. The van der Waals surface area contributed by atoms with Gasteiger partial charge in [-0.15, -0.1) is 0 Å². The molecule has 3 rings (SSSR count). The maximum Gasteiger partial charge on any atom is 0.165 e. The first-order valence-corrected chi connectivity index (χ1v) is 8.76. The molecule has 0 saturated carbocycles. The molecule has 0 spiro atoms. The molecule has 1 aromatic carbocycles. The Labute approximate surface area is 153 Å². The Hall–Kier alpha value is -2.83. The van der Waals surface area contributed by atoms with Crippen LogP contribution in [0.25, 0.3) is 11.2 Å². The Kier molecular flexibility index (Phi) is 5.25. The van der Waals surface area contributed by atoms with Gasteiger partial charge in [-0.3, -0.25) is 0 Å². The average molecular weight is 355 g/mol. The van der Waals surface area contributed by atoms with E-state index >= 15 is 0 Å². The quantitative estimate of drug-likeness (QED) is 0.700. The van der Waals surface area contributed by atoms with Crippen molar-refractivity contribution in [3.63, 3.8) is 0 Å². The Morgan fingerprint density at radius 2 is 1.96 bits per heavy atom. The number of rotatable bonds is 7. The largest absolute Gasteiger partial charge is 0.493 e. The molecule has 138 valence electrons. The number of unbranched alkanes of at least 4 members (excludes halogenated alkanes) is 1. The number of nitrogens with two attached hydrogens (primary N) is 1. The van der Waals surface area contributed by atoms with Crippen LogP contribution in [0.2, 0.25) is 0 Å². The molecule has 0 radical (unpaired) electrons. The third kappa shape index (κ3) is 3.29. The lowest BCUT2D eigenvalue weighted by Crippen LogP contribution is -2.06. The summed E-state index contributed by atoms with van der Waals surface area (Å²) in [5, 5.41) is 0. The average Bonchev–Trinajstić information content (AvgIpc) is 2.98. The van der Waals surface area contributed by atoms with Gasteiger partial charge in [0, 0.05) is 13.0 Å². The van der Waals surface area contributed by atoms with Crippen LogP contribution in [0, 0.1) is 6.92 Å². The van der Waals surface area contributed by atoms with E-state index < -0.39 is 0 Å². The highest BCUT2D eigenvalue weighted by Gasteiger charge is 2.16. The van der Waals surface area contributed by atoms with Gasteiger partial charge in [-0.05, 0) is 30.5 Å². The van der Waals surface area contributed by atoms with Crippen molar-refractivity contribution in [1.82, 2.24) is 19.5 Å². The van der Waals surface area contributed by atoms with Gasteiger partial charge >= 0.3 is 0 Å². The fourth-order valence-electron chi connectivity index (χ4n) is 3.20. The molecule has 0 bridgehead atoms. The number of aromatic nitrogens is 4. The van der Waals surface area contributed by atoms with Gasteiger partial charge in [-0.25, -0.2) is 15.0 Å².